The average Bonchev–Trinajstić information content (AvgIpc) is 2.44. The number of hydrogen-bond donors (Lipinski definition) is 0. The van der Waals surface area contributed by atoms with Crippen molar-refractivity contribution in [2.45, 2.75) is 4.90 Å². The van der Waals surface area contributed by atoms with Gasteiger partial charge in [-0.1, -0.05) is 12.1 Å². The predicted molar refractivity (Wildman–Crippen MR) is 73.8 cm³/mol. The number of rotatable bonds is 1. The van der Waals surface area contributed by atoms with E-state index in [9.17, 15) is 4.79 Å². The zero-order valence-corrected chi connectivity index (χ0v) is 10.8. The van der Waals surface area contributed by atoms with Gasteiger partial charge >= 0.3 is 0 Å². The third kappa shape index (κ3) is 1.88. The van der Waals surface area contributed by atoms with Gasteiger partial charge < -0.3 is 4.90 Å². The van der Waals surface area contributed by atoms with Crippen LogP contribution in [0.5, 0.6) is 0 Å². The summed E-state index contributed by atoms with van der Waals surface area (Å²) in [5.74, 6) is 0.668. The van der Waals surface area contributed by atoms with Crippen molar-refractivity contribution >= 4 is 23.4 Å². The van der Waals surface area contributed by atoms with Gasteiger partial charge in [0.25, 0.3) is 0 Å². The van der Waals surface area contributed by atoms with Crippen molar-refractivity contribution in [1.29, 1.82) is 0 Å². The minimum atomic E-state index is 0.154. The normalized spacial score (nSPS) is 14.5. The first kappa shape index (κ1) is 11.3. The molecule has 0 fully saturated rings. The van der Waals surface area contributed by atoms with Crippen LogP contribution < -0.4 is 4.90 Å². The van der Waals surface area contributed by atoms with E-state index in [-0.39, 0.29) is 5.91 Å². The van der Waals surface area contributed by atoms with Gasteiger partial charge in [-0.15, -0.1) is 11.8 Å². The average molecular weight is 256 g/mol. The molecule has 0 N–H and O–H groups in total. The Morgan fingerprint density at radius 3 is 2.94 bits per heavy atom. The molecule has 90 valence electrons. The molecule has 1 aliphatic heterocycles. The van der Waals surface area contributed by atoms with Crippen LogP contribution in [-0.4, -0.2) is 23.7 Å². The number of nitrogens with zero attached hydrogens (tertiary/aromatic N) is 2. The monoisotopic (exact) mass is 256 g/mol. The van der Waals surface area contributed by atoms with Gasteiger partial charge in [-0.3, -0.25) is 9.78 Å². The van der Waals surface area contributed by atoms with Crippen molar-refractivity contribution in [2.24, 2.45) is 0 Å². The topological polar surface area (TPSA) is 33.2 Å². The van der Waals surface area contributed by atoms with E-state index in [1.807, 2.05) is 37.5 Å². The molecule has 1 aromatic heterocycles. The third-order valence-corrected chi connectivity index (χ3v) is 4.07. The van der Waals surface area contributed by atoms with Crippen molar-refractivity contribution in [1.82, 2.24) is 4.98 Å². The van der Waals surface area contributed by atoms with Gasteiger partial charge in [0.15, 0.2) is 0 Å². The molecule has 1 amide bonds. The minimum Gasteiger partial charge on any atom is -0.314 e. The van der Waals surface area contributed by atoms with Crippen LogP contribution >= 0.6 is 11.8 Å². The Bertz CT molecular complexity index is 598. The molecule has 0 saturated heterocycles. The van der Waals surface area contributed by atoms with Gasteiger partial charge in [0.1, 0.15) is 0 Å². The Morgan fingerprint density at radius 1 is 1.28 bits per heavy atom. The van der Waals surface area contributed by atoms with Gasteiger partial charge in [-0.25, -0.2) is 0 Å². The highest BCUT2D eigenvalue weighted by Gasteiger charge is 2.21. The molecular formula is C14H12N2OS. The summed E-state index contributed by atoms with van der Waals surface area (Å²) in [6.07, 6.45) is 3.62. The maximum Gasteiger partial charge on any atom is 0.237 e. The molecule has 18 heavy (non-hydrogen) atoms. The van der Waals surface area contributed by atoms with E-state index in [2.05, 4.69) is 11.1 Å². The second-order valence-corrected chi connectivity index (χ2v) is 5.18. The lowest BCUT2D eigenvalue weighted by Crippen LogP contribution is -2.31. The first-order chi connectivity index (χ1) is 8.75. The fraction of sp³-hybridized carbons (Fsp3) is 0.143. The van der Waals surface area contributed by atoms with Crippen LogP contribution in [0.2, 0.25) is 0 Å². The first-order valence-corrected chi connectivity index (χ1v) is 6.68. The summed E-state index contributed by atoms with van der Waals surface area (Å²) in [5.41, 5.74) is 3.22. The standard InChI is InChI=1S/C14H12N2OS/c1-16-12-5-4-10(11-3-2-6-15-8-11)7-13(12)18-9-14(16)17/h2-8H,9H2,1H3. The Hall–Kier alpha value is -1.81. The van der Waals surface area contributed by atoms with E-state index in [4.69, 9.17) is 0 Å². The molecule has 3 nitrogen and oxygen atoms in total. The number of carbonyl (C=O) groups is 1. The highest BCUT2D eigenvalue weighted by atomic mass is 32.2. The molecular weight excluding hydrogens is 244 g/mol. The van der Waals surface area contributed by atoms with E-state index in [0.717, 1.165) is 21.7 Å². The summed E-state index contributed by atoms with van der Waals surface area (Å²) < 4.78 is 0. The van der Waals surface area contributed by atoms with Crippen molar-refractivity contribution in [3.63, 3.8) is 0 Å². The van der Waals surface area contributed by atoms with Crippen molar-refractivity contribution < 1.29 is 4.79 Å². The first-order valence-electron chi connectivity index (χ1n) is 5.69. The molecule has 4 heteroatoms. The molecule has 0 radical (unpaired) electrons. The number of thioether (sulfide) groups is 1. The van der Waals surface area contributed by atoms with Crippen LogP contribution in [0.3, 0.4) is 0 Å². The predicted octanol–water partition coefficient (Wildman–Crippen LogP) is 2.82. The highest BCUT2D eigenvalue weighted by molar-refractivity contribution is 8.00. The largest absolute Gasteiger partial charge is 0.314 e. The second-order valence-electron chi connectivity index (χ2n) is 4.17. The van der Waals surface area contributed by atoms with Gasteiger partial charge in [0.05, 0.1) is 11.4 Å². The summed E-state index contributed by atoms with van der Waals surface area (Å²) in [6, 6.07) is 10.1. The van der Waals surface area contributed by atoms with Gasteiger partial charge in [-0.2, -0.15) is 0 Å². The number of hydrogen-bond acceptors (Lipinski definition) is 3. The minimum absolute atomic E-state index is 0.154. The Labute approximate surface area is 110 Å². The van der Waals surface area contributed by atoms with E-state index in [1.54, 1.807) is 22.9 Å². The lowest BCUT2D eigenvalue weighted by molar-refractivity contribution is -0.116. The quantitative estimate of drug-likeness (QED) is 0.786. The zero-order chi connectivity index (χ0) is 12.5. The lowest BCUT2D eigenvalue weighted by atomic mass is 10.1. The molecule has 3 rings (SSSR count). The van der Waals surface area contributed by atoms with Crippen molar-refractivity contribution in [3.8, 4) is 11.1 Å². The van der Waals surface area contributed by atoms with Gasteiger partial charge in [0.2, 0.25) is 5.91 Å². The fourth-order valence-electron chi connectivity index (χ4n) is 1.99. The van der Waals surface area contributed by atoms with E-state index in [1.165, 1.54) is 0 Å². The van der Waals surface area contributed by atoms with Crippen LogP contribution in [-0.2, 0) is 4.79 Å². The van der Waals surface area contributed by atoms with Gasteiger partial charge in [-0.05, 0) is 23.8 Å². The Morgan fingerprint density at radius 2 is 2.17 bits per heavy atom. The Balaban J connectivity index is 2.05. The maximum atomic E-state index is 11.6. The molecule has 0 saturated carbocycles. The summed E-state index contributed by atoms with van der Waals surface area (Å²) >= 11 is 1.60. The second kappa shape index (κ2) is 4.46. The third-order valence-electron chi connectivity index (χ3n) is 3.04. The van der Waals surface area contributed by atoms with Gasteiger partial charge in [0, 0.05) is 29.9 Å². The summed E-state index contributed by atoms with van der Waals surface area (Å²) in [6.45, 7) is 0. The molecule has 2 aromatic rings. The van der Waals surface area contributed by atoms with Crippen molar-refractivity contribution in [2.75, 3.05) is 17.7 Å². The molecule has 0 spiro atoms. The van der Waals surface area contributed by atoms with Crippen LogP contribution in [0.4, 0.5) is 5.69 Å². The van der Waals surface area contributed by atoms with Crippen LogP contribution in [0.15, 0.2) is 47.6 Å². The number of pyridine rings is 1. The van der Waals surface area contributed by atoms with E-state index >= 15 is 0 Å². The smallest absolute Gasteiger partial charge is 0.237 e. The molecule has 2 heterocycles. The van der Waals surface area contributed by atoms with Crippen LogP contribution in [0.25, 0.3) is 11.1 Å². The molecule has 0 bridgehead atoms. The summed E-state index contributed by atoms with van der Waals surface area (Å²) in [7, 11) is 1.82. The van der Waals surface area contributed by atoms with Crippen LogP contribution in [0, 0.1) is 0 Å². The lowest BCUT2D eigenvalue weighted by Gasteiger charge is -2.25. The molecule has 1 aromatic carbocycles. The number of fused-ring (bicyclic) bond motifs is 1. The highest BCUT2D eigenvalue weighted by Crippen LogP contribution is 2.37. The van der Waals surface area contributed by atoms with Crippen LogP contribution in [0.1, 0.15) is 0 Å². The molecule has 0 atom stereocenters. The molecule has 1 aliphatic rings. The van der Waals surface area contributed by atoms with E-state index < -0.39 is 0 Å². The fourth-order valence-corrected chi connectivity index (χ4v) is 3.03. The summed E-state index contributed by atoms with van der Waals surface area (Å²) in [5, 5.41) is 0. The molecule has 0 aliphatic carbocycles. The Kier molecular flexibility index (Phi) is 2.80. The number of benzene rings is 1. The zero-order valence-electron chi connectivity index (χ0n) is 9.96. The maximum absolute atomic E-state index is 11.6. The molecule has 0 unspecified atom stereocenters. The number of aromatic nitrogens is 1. The number of amides is 1. The van der Waals surface area contributed by atoms with Crippen molar-refractivity contribution in [3.05, 3.63) is 42.7 Å². The summed E-state index contributed by atoms with van der Waals surface area (Å²) in [4.78, 5) is 18.6. The van der Waals surface area contributed by atoms with E-state index in [0.29, 0.717) is 5.75 Å². The number of carbonyl (C=O) groups excluding carboxylic acids is 1. The number of anilines is 1. The SMILES string of the molecule is CN1C(=O)CSc2cc(-c3cccnc3)ccc21.